The van der Waals surface area contributed by atoms with Crippen molar-refractivity contribution < 1.29 is 9.47 Å². The summed E-state index contributed by atoms with van der Waals surface area (Å²) in [6.45, 7) is 7.26. The molecule has 0 bridgehead atoms. The highest BCUT2D eigenvalue weighted by Gasteiger charge is 2.14. The van der Waals surface area contributed by atoms with E-state index in [1.54, 1.807) is 7.11 Å². The van der Waals surface area contributed by atoms with Crippen LogP contribution in [0.2, 0.25) is 0 Å². The second-order valence-corrected chi connectivity index (χ2v) is 6.08. The van der Waals surface area contributed by atoms with Crippen molar-refractivity contribution in [1.82, 2.24) is 25.4 Å². The third-order valence-electron chi connectivity index (χ3n) is 4.10. The Labute approximate surface area is 173 Å². The van der Waals surface area contributed by atoms with Gasteiger partial charge in [0.1, 0.15) is 12.4 Å². The van der Waals surface area contributed by atoms with Crippen LogP contribution >= 0.6 is 24.0 Å². The zero-order valence-corrected chi connectivity index (χ0v) is 18.3. The topological polar surface area (TPSA) is 85.6 Å². The molecule has 1 aliphatic heterocycles. The molecule has 0 spiro atoms. The lowest BCUT2D eigenvalue weighted by Gasteiger charge is -2.11. The van der Waals surface area contributed by atoms with Crippen molar-refractivity contribution in [3.8, 4) is 0 Å². The molecular weight excluding hydrogens is 447 g/mol. The average Bonchev–Trinajstić information content (AvgIpc) is 2.85. The van der Waals surface area contributed by atoms with Gasteiger partial charge in [-0.25, -0.2) is 4.99 Å². The molecule has 2 heterocycles. The minimum Gasteiger partial charge on any atom is -0.382 e. The van der Waals surface area contributed by atoms with Crippen LogP contribution in [-0.4, -0.2) is 60.7 Å². The van der Waals surface area contributed by atoms with Crippen molar-refractivity contribution in [2.45, 2.75) is 52.1 Å². The Balaban J connectivity index is 0.00000338. The Hall–Kier alpha value is -0.940. The van der Waals surface area contributed by atoms with E-state index in [0.717, 1.165) is 50.1 Å². The molecule has 0 amide bonds. The van der Waals surface area contributed by atoms with Crippen LogP contribution < -0.4 is 10.6 Å². The van der Waals surface area contributed by atoms with Gasteiger partial charge >= 0.3 is 0 Å². The van der Waals surface area contributed by atoms with Gasteiger partial charge in [0.25, 0.3) is 0 Å². The molecule has 1 aliphatic rings. The van der Waals surface area contributed by atoms with Crippen molar-refractivity contribution in [1.29, 1.82) is 0 Å². The molecular formula is C17H33IN6O2. The third kappa shape index (κ3) is 8.17. The maximum Gasteiger partial charge on any atom is 0.191 e. The Morgan fingerprint density at radius 1 is 1.15 bits per heavy atom. The number of nitrogens with zero attached hydrogens (tertiary/aromatic N) is 4. The summed E-state index contributed by atoms with van der Waals surface area (Å²) in [7, 11) is 1.68. The zero-order chi connectivity index (χ0) is 17.7. The number of halogens is 1. The number of hydrogen-bond acceptors (Lipinski definition) is 5. The first-order chi connectivity index (χ1) is 12.3. The van der Waals surface area contributed by atoms with Gasteiger partial charge in [-0.05, 0) is 26.2 Å². The van der Waals surface area contributed by atoms with Gasteiger partial charge in [0.05, 0.1) is 13.2 Å². The number of guanidine groups is 1. The Bertz CT molecular complexity index is 523. The number of aliphatic imine (C=N–C) groups is 1. The Morgan fingerprint density at radius 3 is 2.85 bits per heavy atom. The SMILES string of the molecule is CCNC(=NCc1nnc2n1CCCCC2)NCCCOCCOC.I. The van der Waals surface area contributed by atoms with E-state index in [4.69, 9.17) is 9.47 Å². The summed E-state index contributed by atoms with van der Waals surface area (Å²) < 4.78 is 12.7. The largest absolute Gasteiger partial charge is 0.382 e. The molecule has 8 nitrogen and oxygen atoms in total. The zero-order valence-electron chi connectivity index (χ0n) is 16.0. The maximum absolute atomic E-state index is 5.46. The highest BCUT2D eigenvalue weighted by atomic mass is 127. The van der Waals surface area contributed by atoms with Gasteiger partial charge in [0, 0.05) is 39.8 Å². The van der Waals surface area contributed by atoms with E-state index in [0.29, 0.717) is 26.4 Å². The molecule has 0 radical (unpaired) electrons. The van der Waals surface area contributed by atoms with Crippen LogP contribution in [0.1, 0.15) is 44.3 Å². The van der Waals surface area contributed by atoms with Gasteiger partial charge in [-0.2, -0.15) is 0 Å². The van der Waals surface area contributed by atoms with E-state index >= 15 is 0 Å². The van der Waals surface area contributed by atoms with Gasteiger partial charge in [-0.3, -0.25) is 0 Å². The summed E-state index contributed by atoms with van der Waals surface area (Å²) in [5.41, 5.74) is 0. The second-order valence-electron chi connectivity index (χ2n) is 6.08. The van der Waals surface area contributed by atoms with Gasteiger partial charge in [0.15, 0.2) is 11.8 Å². The summed E-state index contributed by atoms with van der Waals surface area (Å²) in [5, 5.41) is 15.3. The van der Waals surface area contributed by atoms with E-state index in [1.807, 2.05) is 0 Å². The summed E-state index contributed by atoms with van der Waals surface area (Å²) in [4.78, 5) is 4.65. The van der Waals surface area contributed by atoms with Crippen molar-refractivity contribution >= 4 is 29.9 Å². The quantitative estimate of drug-likeness (QED) is 0.230. The highest BCUT2D eigenvalue weighted by Crippen LogP contribution is 2.14. The van der Waals surface area contributed by atoms with Crippen LogP contribution in [0.5, 0.6) is 0 Å². The van der Waals surface area contributed by atoms with Gasteiger partial charge in [-0.1, -0.05) is 6.42 Å². The maximum atomic E-state index is 5.46. The smallest absolute Gasteiger partial charge is 0.191 e. The molecule has 1 aromatic rings. The van der Waals surface area contributed by atoms with E-state index < -0.39 is 0 Å². The van der Waals surface area contributed by atoms with Crippen LogP contribution in [0, 0.1) is 0 Å². The lowest BCUT2D eigenvalue weighted by Crippen LogP contribution is -2.38. The summed E-state index contributed by atoms with van der Waals surface area (Å²) in [5.74, 6) is 2.87. The molecule has 0 fully saturated rings. The first kappa shape index (κ1) is 23.1. The van der Waals surface area contributed by atoms with E-state index in [2.05, 4.69) is 37.3 Å². The van der Waals surface area contributed by atoms with Gasteiger partial charge < -0.3 is 24.7 Å². The van der Waals surface area contributed by atoms with Crippen molar-refractivity contribution in [3.05, 3.63) is 11.6 Å². The highest BCUT2D eigenvalue weighted by molar-refractivity contribution is 14.0. The fraction of sp³-hybridized carbons (Fsp3) is 0.824. The Morgan fingerprint density at radius 2 is 2.04 bits per heavy atom. The van der Waals surface area contributed by atoms with Crippen LogP contribution in [0.15, 0.2) is 4.99 Å². The summed E-state index contributed by atoms with van der Waals surface area (Å²) >= 11 is 0. The third-order valence-corrected chi connectivity index (χ3v) is 4.10. The van der Waals surface area contributed by atoms with Crippen LogP contribution in [0.25, 0.3) is 0 Å². The van der Waals surface area contributed by atoms with E-state index in [9.17, 15) is 0 Å². The lowest BCUT2D eigenvalue weighted by molar-refractivity contribution is 0.0698. The lowest BCUT2D eigenvalue weighted by atomic mass is 10.2. The predicted molar refractivity (Wildman–Crippen MR) is 113 cm³/mol. The number of hydrogen-bond donors (Lipinski definition) is 2. The first-order valence-corrected chi connectivity index (χ1v) is 9.35. The monoisotopic (exact) mass is 480 g/mol. The first-order valence-electron chi connectivity index (χ1n) is 9.35. The number of methoxy groups -OCH3 is 1. The van der Waals surface area contributed by atoms with E-state index in [1.165, 1.54) is 19.3 Å². The minimum atomic E-state index is 0. The molecule has 1 aromatic heterocycles. The molecule has 0 saturated heterocycles. The van der Waals surface area contributed by atoms with Crippen molar-refractivity contribution in [2.75, 3.05) is 40.0 Å². The molecule has 0 aromatic carbocycles. The Kier molecular flexibility index (Phi) is 12.6. The molecule has 0 atom stereocenters. The van der Waals surface area contributed by atoms with Crippen LogP contribution in [0.3, 0.4) is 0 Å². The number of rotatable bonds is 10. The van der Waals surface area contributed by atoms with Crippen molar-refractivity contribution in [3.63, 3.8) is 0 Å². The summed E-state index contributed by atoms with van der Waals surface area (Å²) in [6, 6.07) is 0. The molecule has 0 saturated carbocycles. The molecule has 9 heteroatoms. The molecule has 2 rings (SSSR count). The van der Waals surface area contributed by atoms with Crippen LogP contribution in [-0.2, 0) is 29.0 Å². The average molecular weight is 480 g/mol. The van der Waals surface area contributed by atoms with Crippen LogP contribution in [0.4, 0.5) is 0 Å². The van der Waals surface area contributed by atoms with Crippen molar-refractivity contribution in [2.24, 2.45) is 4.99 Å². The van der Waals surface area contributed by atoms with E-state index in [-0.39, 0.29) is 24.0 Å². The number of fused-ring (bicyclic) bond motifs is 1. The molecule has 0 unspecified atom stereocenters. The van der Waals surface area contributed by atoms with Gasteiger partial charge in [0.2, 0.25) is 0 Å². The molecule has 2 N–H and O–H groups in total. The fourth-order valence-electron chi connectivity index (χ4n) is 2.78. The predicted octanol–water partition coefficient (Wildman–Crippen LogP) is 1.73. The summed E-state index contributed by atoms with van der Waals surface area (Å²) in [6.07, 6.45) is 5.62. The number of nitrogens with one attached hydrogen (secondary N) is 2. The van der Waals surface area contributed by atoms with Gasteiger partial charge in [-0.15, -0.1) is 34.2 Å². The second kappa shape index (κ2) is 14.2. The number of aromatic nitrogens is 3. The molecule has 150 valence electrons. The molecule has 26 heavy (non-hydrogen) atoms. The number of ether oxygens (including phenoxy) is 2. The minimum absolute atomic E-state index is 0. The number of aryl methyl sites for hydroxylation is 1. The standard InChI is InChI=1S/C17H32N6O2.HI/c1-3-18-17(19-9-7-11-25-13-12-24-2)20-14-16-22-21-15-8-5-4-6-10-23(15)16;/h3-14H2,1-2H3,(H2,18,19,20);1H. The molecule has 0 aliphatic carbocycles. The fourth-order valence-corrected chi connectivity index (χ4v) is 2.78. The normalized spacial score (nSPS) is 14.3.